The minimum atomic E-state index is -0.212. The lowest BCUT2D eigenvalue weighted by Gasteiger charge is -2.09. The third-order valence-corrected chi connectivity index (χ3v) is 4.92. The summed E-state index contributed by atoms with van der Waals surface area (Å²) in [6.07, 6.45) is 0.818. The molecule has 0 saturated carbocycles. The third-order valence-electron chi connectivity index (χ3n) is 4.05. The van der Waals surface area contributed by atoms with Crippen molar-refractivity contribution in [3.05, 3.63) is 82.6 Å². The van der Waals surface area contributed by atoms with Crippen molar-refractivity contribution < 1.29 is 14.4 Å². The molecule has 7 heteroatoms. The Balaban J connectivity index is 1.44. The van der Waals surface area contributed by atoms with Crippen molar-refractivity contribution in [2.75, 3.05) is 17.2 Å². The normalized spacial score (nSPS) is 10.2. The van der Waals surface area contributed by atoms with E-state index < -0.39 is 0 Å². The first-order valence-electron chi connectivity index (χ1n) is 9.20. The zero-order chi connectivity index (χ0) is 20.5. The molecule has 2 aromatic carbocycles. The Kier molecular flexibility index (Phi) is 7.13. The Bertz CT molecular complexity index is 972. The van der Waals surface area contributed by atoms with Gasteiger partial charge in [-0.2, -0.15) is 0 Å². The molecule has 0 atom stereocenters. The third kappa shape index (κ3) is 6.29. The van der Waals surface area contributed by atoms with Gasteiger partial charge in [0.05, 0.1) is 4.88 Å². The second-order valence-corrected chi connectivity index (χ2v) is 7.23. The van der Waals surface area contributed by atoms with Crippen LogP contribution in [-0.4, -0.2) is 24.3 Å². The minimum absolute atomic E-state index is 0.123. The average Bonchev–Trinajstić information content (AvgIpc) is 3.27. The van der Waals surface area contributed by atoms with Crippen LogP contribution in [0.1, 0.15) is 32.9 Å². The van der Waals surface area contributed by atoms with Gasteiger partial charge in [-0.05, 0) is 48.2 Å². The first kappa shape index (κ1) is 20.3. The van der Waals surface area contributed by atoms with E-state index in [0.717, 1.165) is 0 Å². The highest BCUT2D eigenvalue weighted by Gasteiger charge is 2.08. The van der Waals surface area contributed by atoms with Gasteiger partial charge in [-0.3, -0.25) is 14.4 Å². The molecule has 0 aliphatic carbocycles. The number of nitrogens with one attached hydrogen (secondary N) is 3. The molecular weight excluding hydrogens is 386 g/mol. The van der Waals surface area contributed by atoms with Gasteiger partial charge in [0, 0.05) is 29.9 Å². The maximum atomic E-state index is 12.2. The molecule has 0 bridgehead atoms. The van der Waals surface area contributed by atoms with E-state index in [1.807, 2.05) is 17.5 Å². The quantitative estimate of drug-likeness (QED) is 0.490. The Hall–Kier alpha value is -3.45. The predicted molar refractivity (Wildman–Crippen MR) is 115 cm³/mol. The molecule has 3 aromatic rings. The van der Waals surface area contributed by atoms with Crippen LogP contribution in [-0.2, 0) is 4.79 Å². The van der Waals surface area contributed by atoms with E-state index in [1.54, 1.807) is 54.6 Å². The van der Waals surface area contributed by atoms with Crippen LogP contribution in [0, 0.1) is 0 Å². The lowest BCUT2D eigenvalue weighted by Crippen LogP contribution is -2.24. The van der Waals surface area contributed by atoms with E-state index in [-0.39, 0.29) is 24.1 Å². The van der Waals surface area contributed by atoms with E-state index in [2.05, 4.69) is 16.0 Å². The minimum Gasteiger partial charge on any atom is -0.351 e. The van der Waals surface area contributed by atoms with Crippen molar-refractivity contribution in [2.24, 2.45) is 0 Å². The number of carbonyl (C=O) groups is 3. The molecule has 0 radical (unpaired) electrons. The van der Waals surface area contributed by atoms with E-state index in [4.69, 9.17) is 0 Å². The van der Waals surface area contributed by atoms with Crippen molar-refractivity contribution in [1.29, 1.82) is 0 Å². The van der Waals surface area contributed by atoms with E-state index in [1.165, 1.54) is 11.3 Å². The molecule has 0 aliphatic rings. The lowest BCUT2D eigenvalue weighted by molar-refractivity contribution is -0.116. The van der Waals surface area contributed by atoms with Crippen molar-refractivity contribution >= 4 is 40.4 Å². The van der Waals surface area contributed by atoms with Gasteiger partial charge in [-0.25, -0.2) is 0 Å². The highest BCUT2D eigenvalue weighted by atomic mass is 32.1. The topological polar surface area (TPSA) is 87.3 Å². The second kappa shape index (κ2) is 10.2. The second-order valence-electron chi connectivity index (χ2n) is 6.29. The van der Waals surface area contributed by atoms with E-state index >= 15 is 0 Å². The zero-order valence-corrected chi connectivity index (χ0v) is 16.5. The number of hydrogen-bond donors (Lipinski definition) is 3. The summed E-state index contributed by atoms with van der Waals surface area (Å²) in [6.45, 7) is 0.428. The van der Waals surface area contributed by atoms with Crippen LogP contribution in [0.2, 0.25) is 0 Å². The van der Waals surface area contributed by atoms with Crippen LogP contribution in [0.3, 0.4) is 0 Å². The number of carbonyl (C=O) groups excluding carboxylic acids is 3. The van der Waals surface area contributed by atoms with Gasteiger partial charge in [-0.15, -0.1) is 11.3 Å². The van der Waals surface area contributed by atoms with Crippen LogP contribution in [0.15, 0.2) is 72.1 Å². The maximum absolute atomic E-state index is 12.2. The van der Waals surface area contributed by atoms with Crippen LogP contribution >= 0.6 is 11.3 Å². The molecule has 29 heavy (non-hydrogen) atoms. The van der Waals surface area contributed by atoms with Crippen molar-refractivity contribution in [1.82, 2.24) is 5.32 Å². The lowest BCUT2D eigenvalue weighted by atomic mass is 10.2. The summed E-state index contributed by atoms with van der Waals surface area (Å²) in [6, 6.07) is 19.5. The largest absolute Gasteiger partial charge is 0.351 e. The molecule has 3 N–H and O–H groups in total. The summed E-state index contributed by atoms with van der Waals surface area (Å²) in [7, 11) is 0. The average molecular weight is 407 g/mol. The summed E-state index contributed by atoms with van der Waals surface area (Å²) in [5, 5.41) is 10.3. The molecule has 6 nitrogen and oxygen atoms in total. The predicted octanol–water partition coefficient (Wildman–Crippen LogP) is 4.15. The summed E-state index contributed by atoms with van der Waals surface area (Å²) in [5.74, 6) is -0.486. The number of hydrogen-bond acceptors (Lipinski definition) is 4. The van der Waals surface area contributed by atoms with Crippen molar-refractivity contribution in [3.63, 3.8) is 0 Å². The number of rotatable bonds is 8. The molecule has 0 unspecified atom stereocenters. The van der Waals surface area contributed by atoms with Crippen molar-refractivity contribution in [3.8, 4) is 0 Å². The molecule has 0 fully saturated rings. The number of anilines is 2. The number of benzene rings is 2. The Labute approximate surface area is 173 Å². The fraction of sp³-hybridized carbons (Fsp3) is 0.136. The smallest absolute Gasteiger partial charge is 0.261 e. The molecule has 1 aromatic heterocycles. The SMILES string of the molecule is O=C(CCCNC(=O)c1cccs1)Nc1cccc(NC(=O)c2ccccc2)c1. The van der Waals surface area contributed by atoms with E-state index in [9.17, 15) is 14.4 Å². The summed E-state index contributed by atoms with van der Waals surface area (Å²) in [4.78, 5) is 36.9. The van der Waals surface area contributed by atoms with Crippen LogP contribution in [0.5, 0.6) is 0 Å². The first-order valence-corrected chi connectivity index (χ1v) is 10.1. The van der Waals surface area contributed by atoms with E-state index in [0.29, 0.717) is 34.8 Å². The summed E-state index contributed by atoms with van der Waals surface area (Å²) in [5.41, 5.74) is 1.76. The molecule has 0 spiro atoms. The fourth-order valence-corrected chi connectivity index (χ4v) is 3.28. The van der Waals surface area contributed by atoms with Gasteiger partial charge in [0.25, 0.3) is 11.8 Å². The molecule has 3 rings (SSSR count). The Morgan fingerprint density at radius 1 is 0.793 bits per heavy atom. The summed E-state index contributed by atoms with van der Waals surface area (Å²) < 4.78 is 0. The molecule has 1 heterocycles. The monoisotopic (exact) mass is 407 g/mol. The van der Waals surface area contributed by atoms with Gasteiger partial charge in [-0.1, -0.05) is 30.3 Å². The highest BCUT2D eigenvalue weighted by Crippen LogP contribution is 2.16. The van der Waals surface area contributed by atoms with Gasteiger partial charge in [0.2, 0.25) is 5.91 Å². The van der Waals surface area contributed by atoms with Crippen LogP contribution in [0.4, 0.5) is 11.4 Å². The highest BCUT2D eigenvalue weighted by molar-refractivity contribution is 7.12. The van der Waals surface area contributed by atoms with Gasteiger partial charge < -0.3 is 16.0 Å². The first-order chi connectivity index (χ1) is 14.1. The molecule has 0 saturated heterocycles. The van der Waals surface area contributed by atoms with Crippen LogP contribution in [0.25, 0.3) is 0 Å². The number of amides is 3. The summed E-state index contributed by atoms with van der Waals surface area (Å²) >= 11 is 1.38. The van der Waals surface area contributed by atoms with Gasteiger partial charge >= 0.3 is 0 Å². The molecule has 3 amide bonds. The molecule has 148 valence electrons. The van der Waals surface area contributed by atoms with Crippen molar-refractivity contribution in [2.45, 2.75) is 12.8 Å². The standard InChI is InChI=1S/C22H21N3O3S/c26-20(12-5-13-23-22(28)19-11-6-14-29-19)24-17-9-4-10-18(15-17)25-21(27)16-7-2-1-3-8-16/h1-4,6-11,14-15H,5,12-13H2,(H,23,28)(H,24,26)(H,25,27). The fourth-order valence-electron chi connectivity index (χ4n) is 2.64. The zero-order valence-electron chi connectivity index (χ0n) is 15.7. The maximum Gasteiger partial charge on any atom is 0.261 e. The van der Waals surface area contributed by atoms with Crippen LogP contribution < -0.4 is 16.0 Å². The Morgan fingerprint density at radius 2 is 1.55 bits per heavy atom. The molecular formula is C22H21N3O3S. The van der Waals surface area contributed by atoms with Gasteiger partial charge in [0.15, 0.2) is 0 Å². The Morgan fingerprint density at radius 3 is 2.28 bits per heavy atom. The number of thiophene rings is 1. The van der Waals surface area contributed by atoms with Gasteiger partial charge in [0.1, 0.15) is 0 Å². The molecule has 0 aliphatic heterocycles.